The normalized spacial score (nSPS) is 11.0. The van der Waals surface area contributed by atoms with Crippen LogP contribution in [0.15, 0.2) is 77.8 Å². The number of benzene rings is 3. The minimum Gasteiger partial charge on any atom is -0.494 e. The molecule has 0 aliphatic carbocycles. The molecule has 4 nitrogen and oxygen atoms in total. The Kier molecular flexibility index (Phi) is 9.99. The summed E-state index contributed by atoms with van der Waals surface area (Å²) in [6.07, 6.45) is 9.31. The molecule has 5 heteroatoms. The first kappa shape index (κ1) is 24.5. The van der Waals surface area contributed by atoms with E-state index >= 15 is 0 Å². The van der Waals surface area contributed by atoms with E-state index in [4.69, 9.17) is 21.1 Å². The van der Waals surface area contributed by atoms with Gasteiger partial charge in [-0.3, -0.25) is 4.99 Å². The molecule has 0 atom stereocenters. The highest BCUT2D eigenvalue weighted by Crippen LogP contribution is 2.20. The summed E-state index contributed by atoms with van der Waals surface area (Å²) in [6, 6.07) is 21.6. The SMILES string of the molecule is CCCCCCCCOc1ccc(C=Nc2ccc(C(=O)Oc3cccc(Cl)c3)cc2)cc1. The van der Waals surface area contributed by atoms with Gasteiger partial charge in [0.15, 0.2) is 0 Å². The van der Waals surface area contributed by atoms with Crippen molar-refractivity contribution >= 4 is 29.5 Å². The fourth-order valence-corrected chi connectivity index (χ4v) is 3.43. The van der Waals surface area contributed by atoms with Crippen LogP contribution in [-0.2, 0) is 0 Å². The molecule has 0 bridgehead atoms. The number of unbranched alkanes of at least 4 members (excludes halogenated alkanes) is 5. The lowest BCUT2D eigenvalue weighted by Gasteiger charge is -2.06. The fourth-order valence-electron chi connectivity index (χ4n) is 3.25. The smallest absolute Gasteiger partial charge is 0.343 e. The van der Waals surface area contributed by atoms with Crippen molar-refractivity contribution in [2.24, 2.45) is 4.99 Å². The Morgan fingerprint density at radius 2 is 1.61 bits per heavy atom. The van der Waals surface area contributed by atoms with Crippen LogP contribution in [0.2, 0.25) is 5.02 Å². The average molecular weight is 464 g/mol. The number of esters is 1. The molecule has 3 aromatic rings. The molecule has 0 radical (unpaired) electrons. The second-order valence-electron chi connectivity index (χ2n) is 7.84. The molecule has 0 aliphatic heterocycles. The average Bonchev–Trinajstić information content (AvgIpc) is 2.83. The number of halogens is 1. The van der Waals surface area contributed by atoms with E-state index in [9.17, 15) is 4.79 Å². The molecule has 0 aromatic heterocycles. The maximum absolute atomic E-state index is 12.3. The molecule has 0 saturated heterocycles. The summed E-state index contributed by atoms with van der Waals surface area (Å²) in [4.78, 5) is 16.8. The van der Waals surface area contributed by atoms with Gasteiger partial charge in [-0.25, -0.2) is 4.79 Å². The zero-order valence-corrected chi connectivity index (χ0v) is 19.8. The number of carbonyl (C=O) groups is 1. The maximum atomic E-state index is 12.3. The van der Waals surface area contributed by atoms with E-state index in [2.05, 4.69) is 11.9 Å². The molecule has 0 N–H and O–H groups in total. The van der Waals surface area contributed by atoms with E-state index in [1.54, 1.807) is 54.7 Å². The third-order valence-corrected chi connectivity index (χ3v) is 5.35. The summed E-state index contributed by atoms with van der Waals surface area (Å²) in [5, 5.41) is 0.516. The Bertz CT molecular complexity index is 1030. The van der Waals surface area contributed by atoms with Crippen molar-refractivity contribution in [2.45, 2.75) is 45.4 Å². The molecule has 172 valence electrons. The lowest BCUT2D eigenvalue weighted by Crippen LogP contribution is -2.07. The van der Waals surface area contributed by atoms with Gasteiger partial charge in [0.05, 0.1) is 17.9 Å². The number of aliphatic imine (C=N–C) groups is 1. The quantitative estimate of drug-likeness (QED) is 0.118. The molecule has 3 rings (SSSR count). The van der Waals surface area contributed by atoms with Crippen LogP contribution < -0.4 is 9.47 Å². The number of rotatable bonds is 12. The Balaban J connectivity index is 1.45. The van der Waals surface area contributed by atoms with Gasteiger partial charge >= 0.3 is 5.97 Å². The highest BCUT2D eigenvalue weighted by Gasteiger charge is 2.08. The first-order valence-corrected chi connectivity index (χ1v) is 11.9. The lowest BCUT2D eigenvalue weighted by atomic mass is 10.1. The van der Waals surface area contributed by atoms with Crippen molar-refractivity contribution in [3.05, 3.63) is 88.9 Å². The summed E-state index contributed by atoms with van der Waals surface area (Å²) in [5.74, 6) is 0.849. The molecule has 0 unspecified atom stereocenters. The van der Waals surface area contributed by atoms with E-state index in [1.165, 1.54) is 32.1 Å². The summed E-state index contributed by atoms with van der Waals surface area (Å²) < 4.78 is 11.2. The number of ether oxygens (including phenoxy) is 2. The molecule has 0 spiro atoms. The monoisotopic (exact) mass is 463 g/mol. The van der Waals surface area contributed by atoms with Crippen LogP contribution in [-0.4, -0.2) is 18.8 Å². The van der Waals surface area contributed by atoms with E-state index in [-0.39, 0.29) is 0 Å². The number of nitrogens with zero attached hydrogens (tertiary/aromatic N) is 1. The third kappa shape index (κ3) is 8.74. The van der Waals surface area contributed by atoms with Crippen molar-refractivity contribution in [2.75, 3.05) is 6.61 Å². The van der Waals surface area contributed by atoms with E-state index in [0.717, 1.165) is 30.0 Å². The molecule has 0 heterocycles. The van der Waals surface area contributed by atoms with Crippen LogP contribution in [0.5, 0.6) is 11.5 Å². The van der Waals surface area contributed by atoms with Crippen molar-refractivity contribution in [3.63, 3.8) is 0 Å². The van der Waals surface area contributed by atoms with Crippen LogP contribution in [0.4, 0.5) is 5.69 Å². The largest absolute Gasteiger partial charge is 0.494 e. The summed E-state index contributed by atoms with van der Waals surface area (Å²) in [5.41, 5.74) is 2.17. The van der Waals surface area contributed by atoms with Crippen LogP contribution in [0.3, 0.4) is 0 Å². The van der Waals surface area contributed by atoms with Gasteiger partial charge in [-0.2, -0.15) is 0 Å². The van der Waals surface area contributed by atoms with Gasteiger partial charge < -0.3 is 9.47 Å². The topological polar surface area (TPSA) is 47.9 Å². The summed E-state index contributed by atoms with van der Waals surface area (Å²) in [6.45, 7) is 2.99. The number of carbonyl (C=O) groups excluding carboxylic acids is 1. The van der Waals surface area contributed by atoms with Crippen LogP contribution in [0.25, 0.3) is 0 Å². The Labute approximate surface area is 201 Å². The molecule has 33 heavy (non-hydrogen) atoms. The summed E-state index contributed by atoms with van der Waals surface area (Å²) >= 11 is 5.92. The molecule has 0 saturated carbocycles. The molecule has 0 amide bonds. The predicted octanol–water partition coefficient (Wildman–Crippen LogP) is 8.05. The number of hydrogen-bond donors (Lipinski definition) is 0. The summed E-state index contributed by atoms with van der Waals surface area (Å²) in [7, 11) is 0. The Morgan fingerprint density at radius 3 is 2.33 bits per heavy atom. The minimum absolute atomic E-state index is 0.411. The van der Waals surface area contributed by atoms with Crippen LogP contribution in [0.1, 0.15) is 61.4 Å². The van der Waals surface area contributed by atoms with Gasteiger partial charge in [0.1, 0.15) is 11.5 Å². The minimum atomic E-state index is -0.440. The van der Waals surface area contributed by atoms with Gasteiger partial charge in [-0.1, -0.05) is 56.7 Å². The second kappa shape index (κ2) is 13.4. The zero-order chi connectivity index (χ0) is 23.3. The van der Waals surface area contributed by atoms with Gasteiger partial charge in [-0.15, -0.1) is 0 Å². The van der Waals surface area contributed by atoms with E-state index in [1.807, 2.05) is 24.3 Å². The van der Waals surface area contributed by atoms with E-state index < -0.39 is 5.97 Å². The van der Waals surface area contributed by atoms with Gasteiger partial charge in [0.25, 0.3) is 0 Å². The lowest BCUT2D eigenvalue weighted by molar-refractivity contribution is 0.0735. The van der Waals surface area contributed by atoms with E-state index in [0.29, 0.717) is 16.3 Å². The molecule has 0 fully saturated rings. The van der Waals surface area contributed by atoms with Gasteiger partial charge in [-0.05, 0) is 78.7 Å². The third-order valence-electron chi connectivity index (χ3n) is 5.12. The zero-order valence-electron chi connectivity index (χ0n) is 19.0. The van der Waals surface area contributed by atoms with Crippen molar-refractivity contribution in [1.82, 2.24) is 0 Å². The van der Waals surface area contributed by atoms with Gasteiger partial charge in [0.2, 0.25) is 0 Å². The van der Waals surface area contributed by atoms with Crippen molar-refractivity contribution in [3.8, 4) is 11.5 Å². The molecular formula is C28H30ClNO3. The second-order valence-corrected chi connectivity index (χ2v) is 8.27. The molecule has 0 aliphatic rings. The Hall–Kier alpha value is -3.11. The van der Waals surface area contributed by atoms with Gasteiger partial charge in [0, 0.05) is 11.2 Å². The van der Waals surface area contributed by atoms with Crippen molar-refractivity contribution in [1.29, 1.82) is 0 Å². The Morgan fingerprint density at radius 1 is 0.879 bits per heavy atom. The molecular weight excluding hydrogens is 434 g/mol. The van der Waals surface area contributed by atoms with Crippen molar-refractivity contribution < 1.29 is 14.3 Å². The van der Waals surface area contributed by atoms with Crippen LogP contribution >= 0.6 is 11.6 Å². The standard InChI is InChI=1S/C28H30ClNO3/c1-2-3-4-5-6-7-19-32-26-17-11-22(12-18-26)21-30-25-15-13-23(14-16-25)28(31)33-27-10-8-9-24(29)20-27/h8-18,20-21H,2-7,19H2,1H3. The predicted molar refractivity (Wildman–Crippen MR) is 135 cm³/mol. The first-order chi connectivity index (χ1) is 16.1. The fraction of sp³-hybridized carbons (Fsp3) is 0.286. The highest BCUT2D eigenvalue weighted by atomic mass is 35.5. The first-order valence-electron chi connectivity index (χ1n) is 11.5. The highest BCUT2D eigenvalue weighted by molar-refractivity contribution is 6.30. The maximum Gasteiger partial charge on any atom is 0.343 e. The van der Waals surface area contributed by atoms with Crippen LogP contribution in [0, 0.1) is 0 Å². The number of hydrogen-bond acceptors (Lipinski definition) is 4. The molecule has 3 aromatic carbocycles.